The Hall–Kier alpha value is -0.420. The van der Waals surface area contributed by atoms with Gasteiger partial charge in [0.25, 0.3) is 0 Å². The molecule has 0 bridgehead atoms. The summed E-state index contributed by atoms with van der Waals surface area (Å²) in [5, 5.41) is 37.2. The number of ether oxygens (including phenoxy) is 2. The summed E-state index contributed by atoms with van der Waals surface area (Å²) in [6.45, 7) is 8.16. The third-order valence-electron chi connectivity index (χ3n) is 6.15. The summed E-state index contributed by atoms with van der Waals surface area (Å²) in [5.74, 6) is 0.346. The van der Waals surface area contributed by atoms with Crippen molar-refractivity contribution in [2.75, 3.05) is 26.0 Å². The summed E-state index contributed by atoms with van der Waals surface area (Å²) in [7, 11) is 0. The fraction of sp³-hybridized carbons (Fsp3) is 0.952. The van der Waals surface area contributed by atoms with Gasteiger partial charge in [-0.1, -0.05) is 13.8 Å². The SMILES string of the molecule is CCOCCCC1CCNC(C(=O)NC(C(C)C)C2OC(SC)C(O)C(O)C2O)C1. The number of rotatable bonds is 10. The van der Waals surface area contributed by atoms with E-state index in [1.807, 2.05) is 20.8 Å². The molecular formula is C21H40N2O6S. The first-order valence-corrected chi connectivity index (χ1v) is 12.4. The van der Waals surface area contributed by atoms with Crippen molar-refractivity contribution in [2.45, 2.75) is 88.4 Å². The van der Waals surface area contributed by atoms with Crippen LogP contribution in [0.4, 0.5) is 0 Å². The van der Waals surface area contributed by atoms with Crippen LogP contribution in [-0.4, -0.2) is 89.2 Å². The lowest BCUT2D eigenvalue weighted by Gasteiger charge is -2.44. The van der Waals surface area contributed by atoms with Crippen molar-refractivity contribution in [1.82, 2.24) is 10.6 Å². The molecule has 0 saturated carbocycles. The molecule has 0 aromatic rings. The molecule has 2 saturated heterocycles. The first kappa shape index (κ1) is 25.8. The van der Waals surface area contributed by atoms with Crippen LogP contribution in [0.15, 0.2) is 0 Å². The van der Waals surface area contributed by atoms with E-state index in [-0.39, 0.29) is 17.9 Å². The van der Waals surface area contributed by atoms with Gasteiger partial charge in [0, 0.05) is 13.2 Å². The monoisotopic (exact) mass is 448 g/mol. The highest BCUT2D eigenvalue weighted by atomic mass is 32.2. The third-order valence-corrected chi connectivity index (χ3v) is 7.01. The van der Waals surface area contributed by atoms with Crippen molar-refractivity contribution >= 4 is 17.7 Å². The van der Waals surface area contributed by atoms with Gasteiger partial charge < -0.3 is 35.4 Å². The quantitative estimate of drug-likeness (QED) is 0.306. The van der Waals surface area contributed by atoms with Crippen molar-refractivity contribution in [3.8, 4) is 0 Å². The summed E-state index contributed by atoms with van der Waals surface area (Å²) in [5.41, 5.74) is -0.658. The maximum absolute atomic E-state index is 13.0. The largest absolute Gasteiger partial charge is 0.388 e. The zero-order valence-electron chi connectivity index (χ0n) is 18.6. The van der Waals surface area contributed by atoms with E-state index in [9.17, 15) is 20.1 Å². The van der Waals surface area contributed by atoms with Gasteiger partial charge in [-0.2, -0.15) is 0 Å². The highest BCUT2D eigenvalue weighted by Crippen LogP contribution is 2.30. The minimum Gasteiger partial charge on any atom is -0.388 e. The van der Waals surface area contributed by atoms with E-state index >= 15 is 0 Å². The Bertz CT molecular complexity index is 524. The number of aliphatic hydroxyl groups is 3. The normalized spacial score (nSPS) is 35.9. The van der Waals surface area contributed by atoms with Gasteiger partial charge in [-0.3, -0.25) is 4.79 Å². The summed E-state index contributed by atoms with van der Waals surface area (Å²) < 4.78 is 11.3. The standard InChI is InChI=1S/C21H40N2O6S/c1-5-28-10-6-7-13-8-9-22-14(11-13)20(27)23-15(12(2)3)19-17(25)16(24)18(26)21(29-19)30-4/h12-19,21-22,24-26H,5-11H2,1-4H3,(H,23,27). The second-order valence-electron chi connectivity index (χ2n) is 8.69. The molecule has 8 atom stereocenters. The van der Waals surface area contributed by atoms with Crippen LogP contribution in [0.5, 0.6) is 0 Å². The lowest BCUT2D eigenvalue weighted by atomic mass is 9.86. The molecule has 2 rings (SSSR count). The van der Waals surface area contributed by atoms with Gasteiger partial charge in [0.2, 0.25) is 5.91 Å². The lowest BCUT2D eigenvalue weighted by molar-refractivity contribution is -0.208. The minimum atomic E-state index is -1.32. The second-order valence-corrected chi connectivity index (χ2v) is 9.63. The van der Waals surface area contributed by atoms with Crippen molar-refractivity contribution in [3.05, 3.63) is 0 Å². The van der Waals surface area contributed by atoms with Gasteiger partial charge in [0.15, 0.2) is 0 Å². The van der Waals surface area contributed by atoms with E-state index in [2.05, 4.69) is 10.6 Å². The van der Waals surface area contributed by atoms with E-state index in [1.54, 1.807) is 6.26 Å². The summed E-state index contributed by atoms with van der Waals surface area (Å²) in [6, 6.07) is -0.769. The molecule has 0 radical (unpaired) electrons. The Kier molecular flexibility index (Phi) is 10.8. The Labute approximate surface area is 184 Å². The third kappa shape index (κ3) is 6.79. The van der Waals surface area contributed by atoms with E-state index in [0.717, 1.165) is 45.4 Å². The predicted molar refractivity (Wildman–Crippen MR) is 117 cm³/mol. The number of carbonyl (C=O) groups excluding carboxylic acids is 1. The zero-order valence-corrected chi connectivity index (χ0v) is 19.4. The van der Waals surface area contributed by atoms with Crippen molar-refractivity contribution in [1.29, 1.82) is 0 Å². The van der Waals surface area contributed by atoms with E-state index in [1.165, 1.54) is 11.8 Å². The number of hydrogen-bond donors (Lipinski definition) is 5. The average molecular weight is 449 g/mol. The molecule has 0 aromatic carbocycles. The molecule has 5 N–H and O–H groups in total. The van der Waals surface area contributed by atoms with Gasteiger partial charge in [-0.05, 0) is 57.2 Å². The van der Waals surface area contributed by atoms with Crippen LogP contribution >= 0.6 is 11.8 Å². The van der Waals surface area contributed by atoms with Crippen molar-refractivity contribution in [3.63, 3.8) is 0 Å². The van der Waals surface area contributed by atoms with Crippen LogP contribution < -0.4 is 10.6 Å². The fourth-order valence-electron chi connectivity index (χ4n) is 4.33. The highest BCUT2D eigenvalue weighted by molar-refractivity contribution is 7.99. The predicted octanol–water partition coefficient (Wildman–Crippen LogP) is 0.483. The fourth-order valence-corrected chi connectivity index (χ4v) is 5.01. The number of aliphatic hydroxyl groups excluding tert-OH is 3. The molecule has 1 amide bonds. The minimum absolute atomic E-state index is 0.0240. The van der Waals surface area contributed by atoms with Gasteiger partial charge in [-0.15, -0.1) is 11.8 Å². The Morgan fingerprint density at radius 3 is 2.63 bits per heavy atom. The van der Waals surface area contributed by atoms with Crippen LogP contribution in [0.1, 0.15) is 46.5 Å². The number of carbonyl (C=O) groups is 1. The molecule has 8 unspecified atom stereocenters. The maximum Gasteiger partial charge on any atom is 0.237 e. The molecule has 2 aliphatic rings. The first-order valence-electron chi connectivity index (χ1n) is 11.1. The Morgan fingerprint density at radius 1 is 1.27 bits per heavy atom. The molecule has 0 aliphatic carbocycles. The summed E-state index contributed by atoms with van der Waals surface area (Å²) in [4.78, 5) is 13.0. The average Bonchev–Trinajstić information content (AvgIpc) is 2.74. The number of amides is 1. The summed E-state index contributed by atoms with van der Waals surface area (Å²) >= 11 is 1.27. The van der Waals surface area contributed by atoms with Gasteiger partial charge >= 0.3 is 0 Å². The summed E-state index contributed by atoms with van der Waals surface area (Å²) in [6.07, 6.45) is 1.07. The maximum atomic E-state index is 13.0. The van der Waals surface area contributed by atoms with Crippen LogP contribution in [0.2, 0.25) is 0 Å². The lowest BCUT2D eigenvalue weighted by Crippen LogP contribution is -2.65. The number of hydrogen-bond acceptors (Lipinski definition) is 8. The van der Waals surface area contributed by atoms with Gasteiger partial charge in [-0.25, -0.2) is 0 Å². The van der Waals surface area contributed by atoms with Crippen LogP contribution in [0.3, 0.4) is 0 Å². The molecule has 0 spiro atoms. The second kappa shape index (κ2) is 12.6. The van der Waals surface area contributed by atoms with Gasteiger partial charge in [0.1, 0.15) is 29.9 Å². The molecular weight excluding hydrogens is 408 g/mol. The molecule has 0 aromatic heterocycles. The molecule has 2 fully saturated rings. The smallest absolute Gasteiger partial charge is 0.237 e. The topological polar surface area (TPSA) is 120 Å². The van der Waals surface area contributed by atoms with Crippen molar-refractivity contribution in [2.24, 2.45) is 11.8 Å². The van der Waals surface area contributed by atoms with E-state index in [0.29, 0.717) is 5.92 Å². The number of thioether (sulfide) groups is 1. The number of piperidine rings is 1. The Balaban J connectivity index is 1.97. The Morgan fingerprint density at radius 2 is 2.00 bits per heavy atom. The van der Waals surface area contributed by atoms with E-state index < -0.39 is 35.9 Å². The molecule has 8 nitrogen and oxygen atoms in total. The molecule has 176 valence electrons. The van der Waals surface area contributed by atoms with E-state index in [4.69, 9.17) is 9.47 Å². The number of nitrogens with one attached hydrogen (secondary N) is 2. The first-order chi connectivity index (χ1) is 14.3. The van der Waals surface area contributed by atoms with Crippen LogP contribution in [0, 0.1) is 11.8 Å². The molecule has 2 aliphatic heterocycles. The van der Waals surface area contributed by atoms with Crippen molar-refractivity contribution < 1.29 is 29.6 Å². The zero-order chi connectivity index (χ0) is 22.3. The molecule has 30 heavy (non-hydrogen) atoms. The van der Waals surface area contributed by atoms with Crippen LogP contribution in [-0.2, 0) is 14.3 Å². The van der Waals surface area contributed by atoms with Gasteiger partial charge in [0.05, 0.1) is 12.1 Å². The van der Waals surface area contributed by atoms with Crippen LogP contribution in [0.25, 0.3) is 0 Å². The molecule has 9 heteroatoms. The molecule has 2 heterocycles. The highest BCUT2D eigenvalue weighted by Gasteiger charge is 2.47.